The van der Waals surface area contributed by atoms with Crippen molar-refractivity contribution in [2.24, 2.45) is 0 Å². The summed E-state index contributed by atoms with van der Waals surface area (Å²) >= 11 is 0. The minimum atomic E-state index is -0.364. The summed E-state index contributed by atoms with van der Waals surface area (Å²) in [5.74, 6) is -0.701. The van der Waals surface area contributed by atoms with E-state index in [4.69, 9.17) is 0 Å². The van der Waals surface area contributed by atoms with E-state index in [0.717, 1.165) is 5.52 Å². The average Bonchev–Trinajstić information content (AvgIpc) is 3.17. The molecule has 2 heterocycles. The molecule has 136 valence electrons. The van der Waals surface area contributed by atoms with Crippen LogP contribution < -0.4 is 10.9 Å². The van der Waals surface area contributed by atoms with Crippen molar-refractivity contribution in [3.8, 4) is 0 Å². The number of carbonyl (C=O) groups is 1. The third-order valence-electron chi connectivity index (χ3n) is 4.58. The fourth-order valence-electron chi connectivity index (χ4n) is 3.20. The number of nitrogens with one attached hydrogen (secondary N) is 1. The van der Waals surface area contributed by atoms with Gasteiger partial charge in [-0.15, -0.1) is 0 Å². The molecule has 0 radical (unpaired) electrons. The van der Waals surface area contributed by atoms with Gasteiger partial charge < -0.3 is 9.88 Å². The molecule has 7 heteroatoms. The lowest BCUT2D eigenvalue weighted by molar-refractivity contribution is 0.0950. The van der Waals surface area contributed by atoms with Crippen molar-refractivity contribution in [3.05, 3.63) is 82.0 Å². The normalized spacial score (nSPS) is 11.2. The monoisotopic (exact) mass is 364 g/mol. The first kappa shape index (κ1) is 17.0. The number of aryl methyl sites for hydroxylation is 1. The summed E-state index contributed by atoms with van der Waals surface area (Å²) in [5.41, 5.74) is 2.49. The third kappa shape index (κ3) is 2.87. The van der Waals surface area contributed by atoms with Crippen LogP contribution in [-0.2, 0) is 13.1 Å². The molecule has 0 saturated heterocycles. The number of aromatic nitrogens is 3. The van der Waals surface area contributed by atoms with Gasteiger partial charge in [-0.25, -0.2) is 8.91 Å². The fourth-order valence-corrected chi connectivity index (χ4v) is 3.20. The number of rotatable bonds is 4. The van der Waals surface area contributed by atoms with Crippen LogP contribution in [0.15, 0.2) is 59.5 Å². The van der Waals surface area contributed by atoms with Crippen LogP contribution in [0.3, 0.4) is 0 Å². The lowest BCUT2D eigenvalue weighted by atomic mass is 10.1. The number of carbonyl (C=O) groups excluding carboxylic acids is 1. The smallest absolute Gasteiger partial charge is 0.277 e. The van der Waals surface area contributed by atoms with E-state index in [1.807, 2.05) is 6.92 Å². The molecule has 2 aromatic heterocycles. The maximum absolute atomic E-state index is 13.7. The fraction of sp³-hybridized carbons (Fsp3) is 0.150. The van der Waals surface area contributed by atoms with E-state index in [1.54, 1.807) is 57.7 Å². The van der Waals surface area contributed by atoms with Gasteiger partial charge in [-0.1, -0.05) is 18.2 Å². The van der Waals surface area contributed by atoms with Crippen molar-refractivity contribution in [1.82, 2.24) is 19.5 Å². The Hall–Kier alpha value is -3.48. The van der Waals surface area contributed by atoms with E-state index in [9.17, 15) is 14.0 Å². The molecule has 0 saturated carbocycles. The summed E-state index contributed by atoms with van der Waals surface area (Å²) < 4.78 is 16.9. The van der Waals surface area contributed by atoms with Gasteiger partial charge in [0.05, 0.1) is 17.2 Å². The molecule has 4 aromatic rings. The summed E-state index contributed by atoms with van der Waals surface area (Å²) in [5, 5.41) is 6.92. The van der Waals surface area contributed by atoms with Gasteiger partial charge in [-0.2, -0.15) is 5.10 Å². The number of nitrogens with zero attached hydrogens (tertiary/aromatic N) is 3. The Labute approximate surface area is 153 Å². The van der Waals surface area contributed by atoms with Gasteiger partial charge >= 0.3 is 0 Å². The van der Waals surface area contributed by atoms with Crippen molar-refractivity contribution in [3.63, 3.8) is 0 Å². The lowest BCUT2D eigenvalue weighted by Crippen LogP contribution is -2.25. The molecule has 2 aromatic carbocycles. The Morgan fingerprint density at radius 3 is 2.70 bits per heavy atom. The van der Waals surface area contributed by atoms with E-state index < -0.39 is 0 Å². The van der Waals surface area contributed by atoms with Crippen molar-refractivity contribution < 1.29 is 9.18 Å². The van der Waals surface area contributed by atoms with Crippen molar-refractivity contribution >= 4 is 22.5 Å². The van der Waals surface area contributed by atoms with Crippen molar-refractivity contribution in [1.29, 1.82) is 0 Å². The summed E-state index contributed by atoms with van der Waals surface area (Å²) in [6.45, 7) is 2.43. The molecule has 0 aliphatic rings. The molecule has 0 aliphatic heterocycles. The molecule has 0 fully saturated rings. The number of fused-ring (bicyclic) bond motifs is 3. The van der Waals surface area contributed by atoms with Crippen LogP contribution in [0.4, 0.5) is 4.39 Å². The highest BCUT2D eigenvalue weighted by atomic mass is 19.1. The van der Waals surface area contributed by atoms with Gasteiger partial charge in [0.25, 0.3) is 11.5 Å². The molecular formula is C20H17FN4O2. The Morgan fingerprint density at radius 2 is 1.93 bits per heavy atom. The summed E-state index contributed by atoms with van der Waals surface area (Å²) in [6, 6.07) is 13.1. The minimum absolute atomic E-state index is 0.0856. The van der Waals surface area contributed by atoms with Crippen molar-refractivity contribution in [2.75, 3.05) is 0 Å². The molecule has 6 nitrogen and oxygen atoms in total. The Kier molecular flexibility index (Phi) is 4.19. The highest BCUT2D eigenvalue weighted by molar-refractivity contribution is 5.97. The zero-order valence-electron chi connectivity index (χ0n) is 14.6. The molecule has 0 spiro atoms. The molecule has 1 amide bonds. The van der Waals surface area contributed by atoms with Crippen LogP contribution >= 0.6 is 0 Å². The minimum Gasteiger partial charge on any atom is -0.348 e. The SMILES string of the molecule is CCn1c(=O)c2ccnn2c2ccc(C(=O)NCc3ccccc3F)cc21. The predicted molar refractivity (Wildman–Crippen MR) is 100 cm³/mol. The summed E-state index contributed by atoms with van der Waals surface area (Å²) in [4.78, 5) is 25.2. The van der Waals surface area contributed by atoms with E-state index in [0.29, 0.717) is 28.7 Å². The molecule has 1 N–H and O–H groups in total. The maximum Gasteiger partial charge on any atom is 0.277 e. The highest BCUT2D eigenvalue weighted by Crippen LogP contribution is 2.17. The van der Waals surface area contributed by atoms with Crippen LogP contribution in [0.2, 0.25) is 0 Å². The van der Waals surface area contributed by atoms with Crippen LogP contribution in [0.1, 0.15) is 22.8 Å². The van der Waals surface area contributed by atoms with Gasteiger partial charge in [0.2, 0.25) is 0 Å². The number of hydrogen-bond acceptors (Lipinski definition) is 3. The van der Waals surface area contributed by atoms with Crippen molar-refractivity contribution in [2.45, 2.75) is 20.0 Å². The molecule has 4 rings (SSSR count). The van der Waals surface area contributed by atoms with Gasteiger partial charge in [-0.3, -0.25) is 9.59 Å². The summed E-state index contributed by atoms with van der Waals surface area (Å²) in [7, 11) is 0. The number of amides is 1. The molecule has 0 atom stereocenters. The summed E-state index contributed by atoms with van der Waals surface area (Å²) in [6.07, 6.45) is 1.57. The van der Waals surface area contributed by atoms with Crippen LogP contribution in [-0.4, -0.2) is 20.1 Å². The van der Waals surface area contributed by atoms with Gasteiger partial charge in [0.15, 0.2) is 0 Å². The quantitative estimate of drug-likeness (QED) is 0.605. The third-order valence-corrected chi connectivity index (χ3v) is 4.58. The zero-order chi connectivity index (χ0) is 19.0. The van der Waals surface area contributed by atoms with Crippen LogP contribution in [0.5, 0.6) is 0 Å². The molecule has 27 heavy (non-hydrogen) atoms. The second-order valence-corrected chi connectivity index (χ2v) is 6.16. The predicted octanol–water partition coefficient (Wildman–Crippen LogP) is 2.74. The van der Waals surface area contributed by atoms with Gasteiger partial charge in [0, 0.05) is 24.2 Å². The maximum atomic E-state index is 13.7. The van der Waals surface area contributed by atoms with E-state index in [-0.39, 0.29) is 23.8 Å². The van der Waals surface area contributed by atoms with Crippen LogP contribution in [0, 0.1) is 5.82 Å². The Bertz CT molecular complexity index is 1230. The van der Waals surface area contributed by atoms with Crippen LogP contribution in [0.25, 0.3) is 16.6 Å². The van der Waals surface area contributed by atoms with E-state index in [2.05, 4.69) is 10.4 Å². The first-order valence-electron chi connectivity index (χ1n) is 8.62. The first-order chi connectivity index (χ1) is 13.1. The Morgan fingerprint density at radius 1 is 1.11 bits per heavy atom. The van der Waals surface area contributed by atoms with E-state index in [1.165, 1.54) is 6.07 Å². The molecular weight excluding hydrogens is 347 g/mol. The highest BCUT2D eigenvalue weighted by Gasteiger charge is 2.14. The Balaban J connectivity index is 1.72. The molecule has 0 aliphatic carbocycles. The zero-order valence-corrected chi connectivity index (χ0v) is 14.6. The van der Waals surface area contributed by atoms with E-state index >= 15 is 0 Å². The largest absolute Gasteiger partial charge is 0.348 e. The number of benzene rings is 2. The second-order valence-electron chi connectivity index (χ2n) is 6.16. The average molecular weight is 364 g/mol. The number of halogens is 1. The lowest BCUT2D eigenvalue weighted by Gasteiger charge is -2.12. The van der Waals surface area contributed by atoms with Gasteiger partial charge in [-0.05, 0) is 37.3 Å². The first-order valence-corrected chi connectivity index (χ1v) is 8.62. The second kappa shape index (κ2) is 6.68. The standard InChI is InChI=1S/C20H17FN4O2/c1-2-24-18-11-13(19(26)22-12-14-5-3-4-6-15(14)21)7-8-16(18)25-17(20(24)27)9-10-23-25/h3-11H,2,12H2,1H3,(H,22,26). The van der Waals surface area contributed by atoms with Gasteiger partial charge in [0.1, 0.15) is 11.3 Å². The topological polar surface area (TPSA) is 68.4 Å². The molecule has 0 unspecified atom stereocenters. The number of hydrogen-bond donors (Lipinski definition) is 1. The molecule has 0 bridgehead atoms.